The first-order valence-corrected chi connectivity index (χ1v) is 4.06. The number of carbonyl (C=O) groups is 1. The van der Waals surface area contributed by atoms with Gasteiger partial charge in [0.1, 0.15) is 5.82 Å². The van der Waals surface area contributed by atoms with Crippen LogP contribution in [0.15, 0.2) is 12.5 Å². The first-order chi connectivity index (χ1) is 6.22. The molecule has 0 aliphatic rings. The summed E-state index contributed by atoms with van der Waals surface area (Å²) in [4.78, 5) is 14.6. The molecule has 0 spiro atoms. The number of rotatable bonds is 4. The Morgan fingerprint density at radius 3 is 3.08 bits per heavy atom. The number of aryl methyl sites for hydroxylation is 1. The Morgan fingerprint density at radius 1 is 1.77 bits per heavy atom. The molecule has 5 heteroatoms. The number of hydrogen-bond donors (Lipinski definition) is 1. The van der Waals surface area contributed by atoms with E-state index in [9.17, 15) is 4.79 Å². The van der Waals surface area contributed by atoms with Crippen molar-refractivity contribution in [2.24, 2.45) is 0 Å². The van der Waals surface area contributed by atoms with Gasteiger partial charge in [-0.1, -0.05) is 0 Å². The highest BCUT2D eigenvalue weighted by molar-refractivity contribution is 5.68. The number of hydrogen-bond acceptors (Lipinski definition) is 4. The Labute approximate surface area is 76.5 Å². The normalized spacial score (nSPS) is 9.92. The highest BCUT2D eigenvalue weighted by Gasteiger charge is 2.00. The fraction of sp³-hybridized carbons (Fsp3) is 0.500. The summed E-state index contributed by atoms with van der Waals surface area (Å²) in [6.45, 7) is 0.735. The Hall–Kier alpha value is -1.52. The molecule has 0 unspecified atom stereocenters. The second kappa shape index (κ2) is 4.49. The average molecular weight is 183 g/mol. The lowest BCUT2D eigenvalue weighted by molar-refractivity contribution is -0.140. The van der Waals surface area contributed by atoms with E-state index in [1.54, 1.807) is 12.5 Å². The summed E-state index contributed by atoms with van der Waals surface area (Å²) >= 11 is 0. The Balaban J connectivity index is 2.24. The molecule has 0 bridgehead atoms. The van der Waals surface area contributed by atoms with Crippen LogP contribution in [0.3, 0.4) is 0 Å². The lowest BCUT2D eigenvalue weighted by Gasteiger charge is -2.00. The maximum Gasteiger partial charge on any atom is 0.305 e. The van der Waals surface area contributed by atoms with Crippen molar-refractivity contribution in [1.29, 1.82) is 0 Å². The van der Waals surface area contributed by atoms with Gasteiger partial charge in [0.05, 0.1) is 13.4 Å². The Morgan fingerprint density at radius 2 is 2.54 bits per heavy atom. The molecule has 0 aliphatic carbocycles. The van der Waals surface area contributed by atoms with Crippen molar-refractivity contribution >= 4 is 11.8 Å². The molecule has 1 aromatic heterocycles. The smallest absolute Gasteiger partial charge is 0.305 e. The number of esters is 1. The zero-order valence-electron chi connectivity index (χ0n) is 7.56. The van der Waals surface area contributed by atoms with E-state index in [1.807, 2.05) is 4.57 Å². The molecule has 5 nitrogen and oxygen atoms in total. The van der Waals surface area contributed by atoms with Crippen LogP contribution < -0.4 is 5.73 Å². The van der Waals surface area contributed by atoms with Gasteiger partial charge in [-0.05, 0) is 6.42 Å². The van der Waals surface area contributed by atoms with Crippen LogP contribution in [0.1, 0.15) is 12.8 Å². The molecular formula is C8H13N3O2. The van der Waals surface area contributed by atoms with Crippen LogP contribution in [0.25, 0.3) is 0 Å². The van der Waals surface area contributed by atoms with Crippen LogP contribution in [0.5, 0.6) is 0 Å². The topological polar surface area (TPSA) is 70.1 Å². The number of ether oxygens (including phenoxy) is 1. The molecule has 2 N–H and O–H groups in total. The fourth-order valence-electron chi connectivity index (χ4n) is 1.01. The zero-order chi connectivity index (χ0) is 9.68. The molecule has 72 valence electrons. The van der Waals surface area contributed by atoms with Crippen LogP contribution in [0.4, 0.5) is 5.82 Å². The second-order valence-electron chi connectivity index (χ2n) is 2.72. The first-order valence-electron chi connectivity index (χ1n) is 4.06. The number of nitrogens with two attached hydrogens (primary N) is 1. The summed E-state index contributed by atoms with van der Waals surface area (Å²) in [7, 11) is 1.39. The third-order valence-electron chi connectivity index (χ3n) is 1.68. The predicted molar refractivity (Wildman–Crippen MR) is 47.9 cm³/mol. The molecule has 1 aromatic rings. The van der Waals surface area contributed by atoms with E-state index >= 15 is 0 Å². The molecule has 0 amide bonds. The van der Waals surface area contributed by atoms with E-state index < -0.39 is 0 Å². The lowest BCUT2D eigenvalue weighted by Crippen LogP contribution is -2.02. The van der Waals surface area contributed by atoms with Gasteiger partial charge in [0.25, 0.3) is 0 Å². The number of anilines is 1. The van der Waals surface area contributed by atoms with Gasteiger partial charge in [0, 0.05) is 19.2 Å². The Kier molecular flexibility index (Phi) is 3.31. The molecule has 0 aliphatic heterocycles. The minimum atomic E-state index is -0.187. The summed E-state index contributed by atoms with van der Waals surface area (Å²) in [6.07, 6.45) is 4.54. The van der Waals surface area contributed by atoms with Gasteiger partial charge in [-0.2, -0.15) is 0 Å². The summed E-state index contributed by atoms with van der Waals surface area (Å²) < 4.78 is 6.35. The van der Waals surface area contributed by atoms with E-state index in [4.69, 9.17) is 5.73 Å². The van der Waals surface area contributed by atoms with Gasteiger partial charge >= 0.3 is 5.97 Å². The van der Waals surface area contributed by atoms with Crippen molar-refractivity contribution in [2.75, 3.05) is 12.8 Å². The number of methoxy groups -OCH3 is 1. The molecule has 0 fully saturated rings. The minimum absolute atomic E-state index is 0.187. The lowest BCUT2D eigenvalue weighted by atomic mass is 10.3. The highest BCUT2D eigenvalue weighted by Crippen LogP contribution is 2.00. The molecule has 13 heavy (non-hydrogen) atoms. The van der Waals surface area contributed by atoms with Crippen LogP contribution in [-0.2, 0) is 16.1 Å². The number of nitrogen functional groups attached to an aromatic ring is 1. The van der Waals surface area contributed by atoms with E-state index in [0.29, 0.717) is 12.2 Å². The quantitative estimate of drug-likeness (QED) is 0.687. The summed E-state index contributed by atoms with van der Waals surface area (Å²) in [5.74, 6) is 0.311. The number of imidazole rings is 1. The van der Waals surface area contributed by atoms with Crippen molar-refractivity contribution in [3.63, 3.8) is 0 Å². The molecule has 0 aromatic carbocycles. The zero-order valence-corrected chi connectivity index (χ0v) is 7.56. The number of aromatic nitrogens is 2. The summed E-state index contributed by atoms with van der Waals surface area (Å²) in [5.41, 5.74) is 5.41. The van der Waals surface area contributed by atoms with Gasteiger partial charge in [-0.15, -0.1) is 0 Å². The van der Waals surface area contributed by atoms with Gasteiger partial charge in [-0.25, -0.2) is 4.98 Å². The minimum Gasteiger partial charge on any atom is -0.469 e. The fourth-order valence-corrected chi connectivity index (χ4v) is 1.01. The van der Waals surface area contributed by atoms with Crippen LogP contribution >= 0.6 is 0 Å². The standard InChI is InChI=1S/C8H13N3O2/c1-13-8(12)3-2-4-11-5-7(9)10-6-11/h5-6H,2-4,9H2,1H3. The Bertz CT molecular complexity index is 283. The van der Waals surface area contributed by atoms with Crippen LogP contribution in [0, 0.1) is 0 Å². The first kappa shape index (κ1) is 9.57. The molecule has 0 saturated carbocycles. The maximum absolute atomic E-state index is 10.7. The van der Waals surface area contributed by atoms with Crippen molar-refractivity contribution < 1.29 is 9.53 Å². The van der Waals surface area contributed by atoms with Crippen molar-refractivity contribution in [3.8, 4) is 0 Å². The van der Waals surface area contributed by atoms with E-state index in [0.717, 1.165) is 13.0 Å². The van der Waals surface area contributed by atoms with E-state index in [-0.39, 0.29) is 5.97 Å². The maximum atomic E-state index is 10.7. The molecular weight excluding hydrogens is 170 g/mol. The van der Waals surface area contributed by atoms with Gasteiger partial charge in [0.15, 0.2) is 0 Å². The van der Waals surface area contributed by atoms with Crippen molar-refractivity contribution in [1.82, 2.24) is 9.55 Å². The van der Waals surface area contributed by atoms with Crippen LogP contribution in [0.2, 0.25) is 0 Å². The van der Waals surface area contributed by atoms with E-state index in [1.165, 1.54) is 7.11 Å². The predicted octanol–water partition coefficient (Wildman–Crippen LogP) is 0.418. The van der Waals surface area contributed by atoms with Gasteiger partial charge in [-0.3, -0.25) is 4.79 Å². The third kappa shape index (κ3) is 3.14. The monoisotopic (exact) mass is 183 g/mol. The molecule has 1 heterocycles. The van der Waals surface area contributed by atoms with Crippen LogP contribution in [-0.4, -0.2) is 22.6 Å². The van der Waals surface area contributed by atoms with Crippen molar-refractivity contribution in [2.45, 2.75) is 19.4 Å². The van der Waals surface area contributed by atoms with Crippen molar-refractivity contribution in [3.05, 3.63) is 12.5 Å². The summed E-state index contributed by atoms with van der Waals surface area (Å²) in [5, 5.41) is 0. The largest absolute Gasteiger partial charge is 0.469 e. The van der Waals surface area contributed by atoms with E-state index in [2.05, 4.69) is 9.72 Å². The second-order valence-corrected chi connectivity index (χ2v) is 2.72. The molecule has 0 atom stereocenters. The summed E-state index contributed by atoms with van der Waals surface area (Å²) in [6, 6.07) is 0. The van der Waals surface area contributed by atoms with Gasteiger partial charge in [0.2, 0.25) is 0 Å². The molecule has 0 radical (unpaired) electrons. The van der Waals surface area contributed by atoms with Gasteiger partial charge < -0.3 is 15.0 Å². The third-order valence-corrected chi connectivity index (χ3v) is 1.68. The molecule has 1 rings (SSSR count). The average Bonchev–Trinajstić information content (AvgIpc) is 2.51. The highest BCUT2D eigenvalue weighted by atomic mass is 16.5. The molecule has 0 saturated heterocycles. The SMILES string of the molecule is COC(=O)CCCn1cnc(N)c1. The number of nitrogens with zero attached hydrogens (tertiary/aromatic N) is 2. The number of carbonyl (C=O) groups excluding carboxylic acids is 1.